The lowest BCUT2D eigenvalue weighted by atomic mass is 9.74. The Morgan fingerprint density at radius 3 is 1.81 bits per heavy atom. The maximum atomic E-state index is 6.03. The van der Waals surface area contributed by atoms with Crippen molar-refractivity contribution in [1.29, 1.82) is 0 Å². The molecule has 1 fully saturated rings. The maximum absolute atomic E-state index is 6.03. The summed E-state index contributed by atoms with van der Waals surface area (Å²) >= 11 is 0. The van der Waals surface area contributed by atoms with E-state index in [1.54, 1.807) is 0 Å². The van der Waals surface area contributed by atoms with Crippen LogP contribution in [-0.4, -0.2) is 31.3 Å². The molecule has 1 saturated heterocycles. The summed E-state index contributed by atoms with van der Waals surface area (Å²) in [6.45, 7) is 12.8. The minimum atomic E-state index is -0.232. The van der Waals surface area contributed by atoms with Gasteiger partial charge in [-0.2, -0.15) is 0 Å². The molecular weight excluding hydrogens is 201 g/mol. The third-order valence-corrected chi connectivity index (χ3v) is 3.70. The number of hydrogen-bond donors (Lipinski definition) is 1. The van der Waals surface area contributed by atoms with Crippen LogP contribution in [0.15, 0.2) is 0 Å². The SMILES string of the molecule is CNC(CC(C)C)B1OC(C)(C)C(C)(C)O1. The summed E-state index contributed by atoms with van der Waals surface area (Å²) in [7, 11) is 1.83. The van der Waals surface area contributed by atoms with E-state index in [2.05, 4.69) is 46.9 Å². The summed E-state index contributed by atoms with van der Waals surface area (Å²) in [4.78, 5) is 0. The average Bonchev–Trinajstić information content (AvgIpc) is 2.31. The van der Waals surface area contributed by atoms with Crippen LogP contribution < -0.4 is 5.32 Å². The van der Waals surface area contributed by atoms with Gasteiger partial charge in [0.1, 0.15) is 0 Å². The molecular formula is C12H26BNO2. The van der Waals surface area contributed by atoms with E-state index < -0.39 is 0 Å². The van der Waals surface area contributed by atoms with E-state index in [0.717, 1.165) is 6.42 Å². The molecule has 16 heavy (non-hydrogen) atoms. The zero-order valence-corrected chi connectivity index (χ0v) is 11.8. The van der Waals surface area contributed by atoms with Crippen molar-refractivity contribution < 1.29 is 9.31 Å². The van der Waals surface area contributed by atoms with Crippen LogP contribution in [0.4, 0.5) is 0 Å². The zero-order chi connectivity index (χ0) is 12.6. The Labute approximate surface area is 100 Å². The molecule has 0 amide bonds. The fourth-order valence-electron chi connectivity index (χ4n) is 1.93. The molecule has 1 unspecified atom stereocenters. The predicted molar refractivity (Wildman–Crippen MR) is 68.4 cm³/mol. The number of nitrogens with one attached hydrogen (secondary N) is 1. The van der Waals surface area contributed by atoms with Gasteiger partial charge in [0.05, 0.1) is 11.2 Å². The van der Waals surface area contributed by atoms with E-state index in [0.29, 0.717) is 5.92 Å². The molecule has 1 heterocycles. The first-order valence-electron chi connectivity index (χ1n) is 6.22. The van der Waals surface area contributed by atoms with Gasteiger partial charge < -0.3 is 14.6 Å². The van der Waals surface area contributed by atoms with Gasteiger partial charge in [0.15, 0.2) is 0 Å². The Morgan fingerprint density at radius 2 is 1.50 bits per heavy atom. The van der Waals surface area contributed by atoms with Gasteiger partial charge in [-0.05, 0) is 47.1 Å². The van der Waals surface area contributed by atoms with Crippen molar-refractivity contribution in [1.82, 2.24) is 5.32 Å². The third-order valence-electron chi connectivity index (χ3n) is 3.70. The lowest BCUT2D eigenvalue weighted by Gasteiger charge is -2.32. The van der Waals surface area contributed by atoms with Crippen molar-refractivity contribution in [2.45, 2.75) is 65.1 Å². The van der Waals surface area contributed by atoms with Gasteiger partial charge >= 0.3 is 7.12 Å². The molecule has 1 N–H and O–H groups in total. The first-order chi connectivity index (χ1) is 7.19. The van der Waals surface area contributed by atoms with Gasteiger partial charge in [0.2, 0.25) is 0 Å². The fourth-order valence-corrected chi connectivity index (χ4v) is 1.93. The van der Waals surface area contributed by atoms with Crippen molar-refractivity contribution >= 4 is 7.12 Å². The van der Waals surface area contributed by atoms with E-state index in [-0.39, 0.29) is 24.3 Å². The summed E-state index contributed by atoms with van der Waals surface area (Å²) in [6.07, 6.45) is 1.06. The van der Waals surface area contributed by atoms with E-state index >= 15 is 0 Å². The molecule has 4 heteroatoms. The first-order valence-corrected chi connectivity index (χ1v) is 6.22. The molecule has 0 aromatic carbocycles. The highest BCUT2D eigenvalue weighted by Crippen LogP contribution is 2.38. The van der Waals surface area contributed by atoms with Crippen LogP contribution in [-0.2, 0) is 9.31 Å². The Morgan fingerprint density at radius 1 is 1.06 bits per heavy atom. The van der Waals surface area contributed by atoms with Gasteiger partial charge in [0, 0.05) is 5.94 Å². The zero-order valence-electron chi connectivity index (χ0n) is 11.8. The molecule has 0 bridgehead atoms. The molecule has 3 nitrogen and oxygen atoms in total. The first kappa shape index (κ1) is 14.0. The van der Waals surface area contributed by atoms with Crippen molar-refractivity contribution in [3.63, 3.8) is 0 Å². The standard InChI is InChI=1S/C12H26BNO2/c1-9(2)8-10(14-7)13-15-11(3,4)12(5,6)16-13/h9-10,14H,8H2,1-7H3. The second-order valence-corrected chi connectivity index (χ2v) is 6.15. The van der Waals surface area contributed by atoms with Crippen LogP contribution in [0.5, 0.6) is 0 Å². The van der Waals surface area contributed by atoms with Crippen molar-refractivity contribution in [3.05, 3.63) is 0 Å². The van der Waals surface area contributed by atoms with Crippen LogP contribution in [0.3, 0.4) is 0 Å². The number of hydrogen-bond acceptors (Lipinski definition) is 3. The lowest BCUT2D eigenvalue weighted by Crippen LogP contribution is -2.44. The summed E-state index contributed by atoms with van der Waals surface area (Å²) in [6, 6.07) is 0. The van der Waals surface area contributed by atoms with Crippen LogP contribution >= 0.6 is 0 Å². The summed E-state index contributed by atoms with van der Waals surface area (Å²) in [5, 5.41) is 3.30. The summed E-state index contributed by atoms with van der Waals surface area (Å²) in [5.74, 6) is 0.900. The van der Waals surface area contributed by atoms with Crippen molar-refractivity contribution in [2.75, 3.05) is 7.05 Å². The van der Waals surface area contributed by atoms with Crippen LogP contribution in [0.2, 0.25) is 0 Å². The minimum Gasteiger partial charge on any atom is -0.402 e. The highest BCUT2D eigenvalue weighted by atomic mass is 16.7. The molecule has 0 aromatic rings. The van der Waals surface area contributed by atoms with E-state index in [1.807, 2.05) is 7.05 Å². The van der Waals surface area contributed by atoms with Gasteiger partial charge in [0.25, 0.3) is 0 Å². The Hall–Kier alpha value is -0.0551. The molecule has 0 saturated carbocycles. The molecule has 1 aliphatic heterocycles. The Kier molecular flexibility index (Phi) is 4.09. The topological polar surface area (TPSA) is 30.5 Å². The normalized spacial score (nSPS) is 25.1. The molecule has 0 radical (unpaired) electrons. The molecule has 1 aliphatic rings. The van der Waals surface area contributed by atoms with E-state index in [9.17, 15) is 0 Å². The highest BCUT2D eigenvalue weighted by molar-refractivity contribution is 6.47. The summed E-state index contributed by atoms with van der Waals surface area (Å²) in [5.41, 5.74) is -0.465. The van der Waals surface area contributed by atoms with Gasteiger partial charge in [-0.3, -0.25) is 0 Å². The van der Waals surface area contributed by atoms with E-state index in [4.69, 9.17) is 9.31 Å². The van der Waals surface area contributed by atoms with Crippen LogP contribution in [0.1, 0.15) is 48.0 Å². The average molecular weight is 227 g/mol. The van der Waals surface area contributed by atoms with Gasteiger partial charge in [-0.25, -0.2) is 0 Å². The quantitative estimate of drug-likeness (QED) is 0.747. The fraction of sp³-hybridized carbons (Fsp3) is 1.00. The summed E-state index contributed by atoms with van der Waals surface area (Å²) < 4.78 is 12.1. The molecule has 0 aliphatic carbocycles. The van der Waals surface area contributed by atoms with Gasteiger partial charge in [-0.15, -0.1) is 0 Å². The van der Waals surface area contributed by atoms with Crippen LogP contribution in [0.25, 0.3) is 0 Å². The molecule has 1 rings (SSSR count). The highest BCUT2D eigenvalue weighted by Gasteiger charge is 2.53. The third kappa shape index (κ3) is 2.79. The minimum absolute atomic E-state index is 0.141. The van der Waals surface area contributed by atoms with Crippen molar-refractivity contribution in [3.8, 4) is 0 Å². The Bertz CT molecular complexity index is 225. The van der Waals surface area contributed by atoms with Crippen molar-refractivity contribution in [2.24, 2.45) is 5.92 Å². The largest absolute Gasteiger partial charge is 0.476 e. The number of rotatable bonds is 4. The smallest absolute Gasteiger partial charge is 0.402 e. The lowest BCUT2D eigenvalue weighted by molar-refractivity contribution is 0.00578. The molecule has 94 valence electrons. The Balaban J connectivity index is 2.69. The van der Waals surface area contributed by atoms with Crippen LogP contribution in [0, 0.1) is 5.92 Å². The second-order valence-electron chi connectivity index (χ2n) is 6.15. The predicted octanol–water partition coefficient (Wildman–Crippen LogP) is 2.25. The molecule has 0 spiro atoms. The van der Waals surface area contributed by atoms with E-state index in [1.165, 1.54) is 0 Å². The monoisotopic (exact) mass is 227 g/mol. The van der Waals surface area contributed by atoms with Gasteiger partial charge in [-0.1, -0.05) is 13.8 Å². The molecule has 1 atom stereocenters. The second kappa shape index (κ2) is 4.67. The molecule has 0 aromatic heterocycles. The maximum Gasteiger partial charge on any atom is 0.476 e.